The summed E-state index contributed by atoms with van der Waals surface area (Å²) in [5, 5.41) is 10.0. The van der Waals surface area contributed by atoms with Crippen LogP contribution < -0.4 is 0 Å². The van der Waals surface area contributed by atoms with Gasteiger partial charge in [-0.15, -0.1) is 0 Å². The maximum absolute atomic E-state index is 11.6. The summed E-state index contributed by atoms with van der Waals surface area (Å²) in [6.07, 6.45) is 2.58. The van der Waals surface area contributed by atoms with E-state index in [0.29, 0.717) is 0 Å². The summed E-state index contributed by atoms with van der Waals surface area (Å²) < 4.78 is 4.81. The van der Waals surface area contributed by atoms with Crippen molar-refractivity contribution in [2.45, 2.75) is 33.3 Å². The van der Waals surface area contributed by atoms with Crippen molar-refractivity contribution in [2.24, 2.45) is 5.92 Å². The number of ether oxygens (including phenoxy) is 1. The van der Waals surface area contributed by atoms with E-state index >= 15 is 0 Å². The zero-order chi connectivity index (χ0) is 14.6. The number of hydrogen-bond donors (Lipinski definition) is 1. The largest absolute Gasteiger partial charge is 0.462 e. The fourth-order valence-corrected chi connectivity index (χ4v) is 1.93. The van der Waals surface area contributed by atoms with Gasteiger partial charge in [-0.2, -0.15) is 0 Å². The molecule has 1 fully saturated rings. The lowest BCUT2D eigenvalue weighted by Crippen LogP contribution is -2.20. The quantitative estimate of drug-likeness (QED) is 0.468. The van der Waals surface area contributed by atoms with Crippen molar-refractivity contribution in [3.8, 4) is 0 Å². The summed E-state index contributed by atoms with van der Waals surface area (Å²) in [5.41, 5.74) is 2.00. The molecule has 1 heterocycles. The zero-order valence-electron chi connectivity index (χ0n) is 11.6. The molecule has 0 aliphatic carbocycles. The maximum atomic E-state index is 11.6. The number of hydrogen-bond acceptors (Lipinski definition) is 4. The van der Waals surface area contributed by atoms with Gasteiger partial charge in [-0.3, -0.25) is 4.79 Å². The monoisotopic (exact) mass is 264 g/mol. The number of aliphatic hydroxyl groups is 1. The van der Waals surface area contributed by atoms with Gasteiger partial charge in [0, 0.05) is 12.0 Å². The third-order valence-corrected chi connectivity index (χ3v) is 2.87. The summed E-state index contributed by atoms with van der Waals surface area (Å²) >= 11 is 0. The second kappa shape index (κ2) is 6.48. The fraction of sp³-hybridized carbons (Fsp3) is 0.467. The highest BCUT2D eigenvalue weighted by molar-refractivity contribution is 5.92. The van der Waals surface area contributed by atoms with E-state index in [9.17, 15) is 14.7 Å². The zero-order valence-corrected chi connectivity index (χ0v) is 11.6. The molecule has 1 rings (SSSR count). The number of ketones is 1. The van der Waals surface area contributed by atoms with Crippen LogP contribution in [-0.4, -0.2) is 29.6 Å². The number of cyclic esters (lactones) is 1. The van der Waals surface area contributed by atoms with Crippen LogP contribution in [0.5, 0.6) is 0 Å². The molecule has 4 heteroatoms. The van der Waals surface area contributed by atoms with E-state index in [2.05, 4.69) is 6.58 Å². The molecule has 0 aromatic carbocycles. The first kappa shape index (κ1) is 15.4. The highest BCUT2D eigenvalue weighted by Crippen LogP contribution is 2.24. The van der Waals surface area contributed by atoms with E-state index in [1.165, 1.54) is 0 Å². The van der Waals surface area contributed by atoms with Gasteiger partial charge in [-0.1, -0.05) is 23.8 Å². The average molecular weight is 264 g/mol. The summed E-state index contributed by atoms with van der Waals surface area (Å²) in [5.74, 6) is -0.879. The number of esters is 1. The van der Waals surface area contributed by atoms with Gasteiger partial charge in [0.15, 0.2) is 5.78 Å². The van der Waals surface area contributed by atoms with Gasteiger partial charge in [0.25, 0.3) is 0 Å². The number of carbonyl (C=O) groups excluding carboxylic acids is 2. The minimum Gasteiger partial charge on any atom is -0.462 e. The second-order valence-electron chi connectivity index (χ2n) is 5.10. The predicted octanol–water partition coefficient (Wildman–Crippen LogP) is 1.95. The molecule has 19 heavy (non-hydrogen) atoms. The van der Waals surface area contributed by atoms with Gasteiger partial charge in [-0.25, -0.2) is 4.79 Å². The van der Waals surface area contributed by atoms with Gasteiger partial charge in [0.05, 0.1) is 12.0 Å². The van der Waals surface area contributed by atoms with E-state index in [1.807, 2.05) is 13.8 Å². The number of allylic oxidation sites excluding steroid dienone is 3. The van der Waals surface area contributed by atoms with Crippen molar-refractivity contribution in [1.82, 2.24) is 0 Å². The van der Waals surface area contributed by atoms with Crippen LogP contribution >= 0.6 is 0 Å². The van der Waals surface area contributed by atoms with Crippen molar-refractivity contribution >= 4 is 11.8 Å². The molecular formula is C15H20O4. The average Bonchev–Trinajstić information content (AvgIpc) is 2.57. The molecule has 104 valence electrons. The first-order valence-corrected chi connectivity index (χ1v) is 6.20. The molecule has 0 bridgehead atoms. The maximum Gasteiger partial charge on any atom is 0.333 e. The van der Waals surface area contributed by atoms with Gasteiger partial charge in [0.1, 0.15) is 6.61 Å². The third-order valence-electron chi connectivity index (χ3n) is 2.87. The molecule has 0 spiro atoms. The highest BCUT2D eigenvalue weighted by atomic mass is 16.5. The van der Waals surface area contributed by atoms with Crippen molar-refractivity contribution in [3.05, 3.63) is 35.5 Å². The lowest BCUT2D eigenvalue weighted by molar-refractivity contribution is -0.135. The minimum atomic E-state index is -0.849. The molecule has 1 aliphatic rings. The van der Waals surface area contributed by atoms with Crippen molar-refractivity contribution in [1.29, 1.82) is 0 Å². The number of aliphatic hydroxyl groups excluding tert-OH is 1. The van der Waals surface area contributed by atoms with E-state index in [1.54, 1.807) is 19.1 Å². The standard InChI is InChI=1S/C15H20O4/c1-9(2)5-12(16)6-10(3)7-14(17)13-8-19-15(18)11(13)4/h5,7,13-14,17H,4,6,8H2,1-3H3/b10-7+/t13-,14?/m1/s1. The molecule has 1 unspecified atom stereocenters. The van der Waals surface area contributed by atoms with Crippen molar-refractivity contribution in [2.75, 3.05) is 6.61 Å². The first-order chi connectivity index (χ1) is 8.81. The van der Waals surface area contributed by atoms with Gasteiger partial charge < -0.3 is 9.84 Å². The Morgan fingerprint density at radius 2 is 2.16 bits per heavy atom. The van der Waals surface area contributed by atoms with Crippen LogP contribution in [0.25, 0.3) is 0 Å². The Hall–Kier alpha value is -1.68. The summed E-state index contributed by atoms with van der Waals surface area (Å²) in [6.45, 7) is 9.24. The topological polar surface area (TPSA) is 63.6 Å². The summed E-state index contributed by atoms with van der Waals surface area (Å²) in [6, 6.07) is 0. The molecule has 0 aromatic heterocycles. The Morgan fingerprint density at radius 1 is 1.53 bits per heavy atom. The van der Waals surface area contributed by atoms with Crippen molar-refractivity contribution in [3.63, 3.8) is 0 Å². The lowest BCUT2D eigenvalue weighted by Gasteiger charge is -2.13. The van der Waals surface area contributed by atoms with Crippen LogP contribution in [0.15, 0.2) is 35.5 Å². The molecule has 4 nitrogen and oxygen atoms in total. The molecule has 0 amide bonds. The van der Waals surface area contributed by atoms with Crippen LogP contribution in [0.2, 0.25) is 0 Å². The Bertz CT molecular complexity index is 453. The summed E-state index contributed by atoms with van der Waals surface area (Å²) in [4.78, 5) is 22.7. The second-order valence-corrected chi connectivity index (χ2v) is 5.10. The summed E-state index contributed by atoms with van der Waals surface area (Å²) in [7, 11) is 0. The van der Waals surface area contributed by atoms with Crippen LogP contribution in [-0.2, 0) is 14.3 Å². The third kappa shape index (κ3) is 4.48. The minimum absolute atomic E-state index is 0.00137. The van der Waals surface area contributed by atoms with E-state index in [4.69, 9.17) is 4.74 Å². The molecule has 1 aliphatic heterocycles. The Morgan fingerprint density at radius 3 is 2.63 bits per heavy atom. The molecule has 2 atom stereocenters. The van der Waals surface area contributed by atoms with Crippen LogP contribution in [0.1, 0.15) is 27.2 Å². The Labute approximate surface area is 113 Å². The Balaban J connectivity index is 2.64. The smallest absolute Gasteiger partial charge is 0.333 e. The van der Waals surface area contributed by atoms with Crippen LogP contribution in [0.3, 0.4) is 0 Å². The highest BCUT2D eigenvalue weighted by Gasteiger charge is 2.33. The SMILES string of the molecule is C=C1C(=O)OC[C@H]1C(O)/C=C(\C)CC(=O)C=C(C)C. The molecule has 0 radical (unpaired) electrons. The van der Waals surface area contributed by atoms with Crippen LogP contribution in [0, 0.1) is 5.92 Å². The molecule has 0 aromatic rings. The molecule has 0 saturated carbocycles. The van der Waals surface area contributed by atoms with Gasteiger partial charge >= 0.3 is 5.97 Å². The van der Waals surface area contributed by atoms with Gasteiger partial charge in [-0.05, 0) is 26.8 Å². The Kier molecular flexibility index (Phi) is 5.24. The van der Waals surface area contributed by atoms with Crippen molar-refractivity contribution < 1.29 is 19.4 Å². The van der Waals surface area contributed by atoms with E-state index < -0.39 is 18.0 Å². The van der Waals surface area contributed by atoms with E-state index in [0.717, 1.165) is 11.1 Å². The molecule has 1 N–H and O–H groups in total. The normalized spacial score (nSPS) is 21.1. The first-order valence-electron chi connectivity index (χ1n) is 6.20. The molecular weight excluding hydrogens is 244 g/mol. The predicted molar refractivity (Wildman–Crippen MR) is 72.4 cm³/mol. The van der Waals surface area contributed by atoms with Gasteiger partial charge in [0.2, 0.25) is 0 Å². The number of rotatable bonds is 5. The fourth-order valence-electron chi connectivity index (χ4n) is 1.93. The van der Waals surface area contributed by atoms with Crippen LogP contribution in [0.4, 0.5) is 0 Å². The lowest BCUT2D eigenvalue weighted by atomic mass is 9.95. The number of carbonyl (C=O) groups is 2. The molecule has 1 saturated heterocycles. The van der Waals surface area contributed by atoms with E-state index in [-0.39, 0.29) is 24.4 Å².